The molecule has 0 atom stereocenters. The lowest BCUT2D eigenvalue weighted by atomic mass is 10.0. The summed E-state index contributed by atoms with van der Waals surface area (Å²) in [6.07, 6.45) is 24.1. The van der Waals surface area contributed by atoms with Crippen molar-refractivity contribution < 1.29 is 21.6 Å². The van der Waals surface area contributed by atoms with Crippen LogP contribution in [0.4, 0.5) is 0 Å². The lowest BCUT2D eigenvalue weighted by molar-refractivity contribution is -0.923. The number of hydrogen-bond acceptors (Lipinski definition) is 1. The summed E-state index contributed by atoms with van der Waals surface area (Å²) in [6, 6.07) is 0. The van der Waals surface area contributed by atoms with E-state index in [-0.39, 0.29) is 12.4 Å². The average Bonchev–Trinajstić information content (AvgIpc) is 2.75. The number of hydrogen-bond donors (Lipinski definition) is 0. The molecule has 0 amide bonds. The predicted octanol–water partition coefficient (Wildman–Crippen LogP) is 5.54. The Morgan fingerprint density at radius 1 is 0.433 bits per heavy atom. The quantitative estimate of drug-likeness (QED) is 0.139. The Kier molecular flexibility index (Phi) is 27.5. The maximum Gasteiger partial charge on any atom is 0.0808 e. The minimum Gasteiger partial charge on any atom is -1.00 e. The number of unbranched alkanes of at least 4 members (excludes halogenated alkanes) is 15. The molecule has 0 aromatic rings. The zero-order valence-corrected chi connectivity index (χ0v) is 22.3. The standard InChI is InChI=1S/C27H58NO.ClH/c1-5-9-10-11-12-13-14-15-16-17-18-19-20-21-22-23-26-29-27-24-25-28(6-2,7-3)8-4;/h5-27H2,1-4H3;1H/q+1;/p-1. The summed E-state index contributed by atoms with van der Waals surface area (Å²) in [4.78, 5) is 0. The van der Waals surface area contributed by atoms with Gasteiger partial charge in [-0.25, -0.2) is 0 Å². The van der Waals surface area contributed by atoms with Crippen molar-refractivity contribution in [2.45, 2.75) is 137 Å². The van der Waals surface area contributed by atoms with Gasteiger partial charge in [-0.1, -0.05) is 103 Å². The second kappa shape index (κ2) is 25.5. The molecular formula is C27H58ClNO. The van der Waals surface area contributed by atoms with Crippen molar-refractivity contribution in [3.8, 4) is 0 Å². The van der Waals surface area contributed by atoms with Crippen LogP contribution in [0.1, 0.15) is 137 Å². The molecule has 0 bridgehead atoms. The van der Waals surface area contributed by atoms with Crippen molar-refractivity contribution >= 4 is 0 Å². The van der Waals surface area contributed by atoms with Crippen LogP contribution < -0.4 is 12.4 Å². The summed E-state index contributed by atoms with van der Waals surface area (Å²) >= 11 is 0. The second-order valence-electron chi connectivity index (χ2n) is 9.28. The van der Waals surface area contributed by atoms with Crippen LogP contribution in [0.2, 0.25) is 0 Å². The third kappa shape index (κ3) is 20.1. The zero-order chi connectivity index (χ0) is 21.5. The van der Waals surface area contributed by atoms with Crippen molar-refractivity contribution in [1.29, 1.82) is 0 Å². The van der Waals surface area contributed by atoms with Gasteiger partial charge in [-0.05, 0) is 27.2 Å². The molecule has 3 heteroatoms. The smallest absolute Gasteiger partial charge is 0.0808 e. The number of rotatable bonds is 24. The van der Waals surface area contributed by atoms with Crippen molar-refractivity contribution in [3.63, 3.8) is 0 Å². The van der Waals surface area contributed by atoms with E-state index in [2.05, 4.69) is 27.7 Å². The van der Waals surface area contributed by atoms with E-state index in [1.807, 2.05) is 0 Å². The van der Waals surface area contributed by atoms with Crippen molar-refractivity contribution in [1.82, 2.24) is 0 Å². The van der Waals surface area contributed by atoms with E-state index < -0.39 is 0 Å². The highest BCUT2D eigenvalue weighted by Crippen LogP contribution is 2.14. The van der Waals surface area contributed by atoms with Gasteiger partial charge in [-0.15, -0.1) is 0 Å². The van der Waals surface area contributed by atoms with Crippen molar-refractivity contribution in [2.24, 2.45) is 0 Å². The third-order valence-corrected chi connectivity index (χ3v) is 7.08. The van der Waals surface area contributed by atoms with Gasteiger partial charge in [0.1, 0.15) is 0 Å². The zero-order valence-electron chi connectivity index (χ0n) is 21.5. The SMILES string of the molecule is CCCCCCCCCCCCCCCCCCOCCC[N+](CC)(CC)CC.[Cl-]. The number of quaternary nitrogens is 1. The summed E-state index contributed by atoms with van der Waals surface area (Å²) in [5.41, 5.74) is 0. The first-order valence-electron chi connectivity index (χ1n) is 13.7. The summed E-state index contributed by atoms with van der Waals surface area (Å²) in [5.74, 6) is 0. The summed E-state index contributed by atoms with van der Waals surface area (Å²) in [6.45, 7) is 16.3. The molecule has 184 valence electrons. The van der Waals surface area contributed by atoms with Crippen LogP contribution in [0.25, 0.3) is 0 Å². The van der Waals surface area contributed by atoms with Crippen LogP contribution in [0.15, 0.2) is 0 Å². The Bertz CT molecular complexity index is 299. The van der Waals surface area contributed by atoms with Crippen LogP contribution in [0.3, 0.4) is 0 Å². The highest BCUT2D eigenvalue weighted by Gasteiger charge is 2.19. The van der Waals surface area contributed by atoms with Gasteiger partial charge in [0.25, 0.3) is 0 Å². The molecule has 0 aliphatic heterocycles. The predicted molar refractivity (Wildman–Crippen MR) is 132 cm³/mol. The molecule has 0 aliphatic rings. The molecule has 0 spiro atoms. The van der Waals surface area contributed by atoms with Crippen LogP contribution in [0.5, 0.6) is 0 Å². The van der Waals surface area contributed by atoms with E-state index in [1.165, 1.54) is 140 Å². The van der Waals surface area contributed by atoms with E-state index in [4.69, 9.17) is 4.74 Å². The first kappa shape index (κ1) is 32.4. The highest BCUT2D eigenvalue weighted by molar-refractivity contribution is 4.50. The Morgan fingerprint density at radius 3 is 1.13 bits per heavy atom. The molecular weight excluding hydrogens is 390 g/mol. The van der Waals surface area contributed by atoms with Gasteiger partial charge in [-0.2, -0.15) is 0 Å². The molecule has 0 fully saturated rings. The average molecular weight is 448 g/mol. The van der Waals surface area contributed by atoms with E-state index in [9.17, 15) is 0 Å². The molecule has 0 unspecified atom stereocenters. The molecule has 0 aromatic heterocycles. The molecule has 0 saturated heterocycles. The fourth-order valence-electron chi connectivity index (χ4n) is 4.50. The topological polar surface area (TPSA) is 9.23 Å². The summed E-state index contributed by atoms with van der Waals surface area (Å²) in [7, 11) is 0. The molecule has 0 aliphatic carbocycles. The van der Waals surface area contributed by atoms with Gasteiger partial charge in [0.05, 0.1) is 32.8 Å². The monoisotopic (exact) mass is 447 g/mol. The minimum absolute atomic E-state index is 0. The lowest BCUT2D eigenvalue weighted by Gasteiger charge is -2.35. The first-order chi connectivity index (χ1) is 14.2. The largest absolute Gasteiger partial charge is 1.00 e. The minimum atomic E-state index is 0. The van der Waals surface area contributed by atoms with Gasteiger partial charge in [0.2, 0.25) is 0 Å². The van der Waals surface area contributed by atoms with Crippen molar-refractivity contribution in [2.75, 3.05) is 39.4 Å². The lowest BCUT2D eigenvalue weighted by Crippen LogP contribution is -3.00. The molecule has 0 rings (SSSR count). The van der Waals surface area contributed by atoms with E-state index in [0.717, 1.165) is 13.2 Å². The van der Waals surface area contributed by atoms with Gasteiger partial charge in [0.15, 0.2) is 0 Å². The van der Waals surface area contributed by atoms with Crippen LogP contribution in [0, 0.1) is 0 Å². The molecule has 0 N–H and O–H groups in total. The van der Waals surface area contributed by atoms with Crippen LogP contribution >= 0.6 is 0 Å². The van der Waals surface area contributed by atoms with Crippen molar-refractivity contribution in [3.05, 3.63) is 0 Å². The Balaban J connectivity index is 0. The van der Waals surface area contributed by atoms with Gasteiger partial charge < -0.3 is 21.6 Å². The molecule has 30 heavy (non-hydrogen) atoms. The number of halogens is 1. The fraction of sp³-hybridized carbons (Fsp3) is 1.00. The van der Waals surface area contributed by atoms with Gasteiger partial charge >= 0.3 is 0 Å². The molecule has 0 aromatic carbocycles. The third-order valence-electron chi connectivity index (χ3n) is 7.08. The maximum atomic E-state index is 5.87. The number of nitrogens with zero attached hydrogens (tertiary/aromatic N) is 1. The van der Waals surface area contributed by atoms with E-state index in [1.54, 1.807) is 0 Å². The molecule has 2 nitrogen and oxygen atoms in total. The highest BCUT2D eigenvalue weighted by atomic mass is 35.5. The maximum absolute atomic E-state index is 5.87. The normalized spacial score (nSPS) is 11.6. The number of ether oxygens (including phenoxy) is 1. The summed E-state index contributed by atoms with van der Waals surface area (Å²) < 4.78 is 7.12. The Morgan fingerprint density at radius 2 is 0.767 bits per heavy atom. The van der Waals surface area contributed by atoms with E-state index in [0.29, 0.717) is 0 Å². The Labute approximate surface area is 197 Å². The van der Waals surface area contributed by atoms with E-state index >= 15 is 0 Å². The summed E-state index contributed by atoms with van der Waals surface area (Å²) in [5, 5.41) is 0. The van der Waals surface area contributed by atoms with Crippen LogP contribution in [-0.4, -0.2) is 43.9 Å². The molecule has 0 heterocycles. The van der Waals surface area contributed by atoms with Gasteiger partial charge in [-0.3, -0.25) is 0 Å². The second-order valence-corrected chi connectivity index (χ2v) is 9.28. The fourth-order valence-corrected chi connectivity index (χ4v) is 4.50. The van der Waals surface area contributed by atoms with Crippen LogP contribution in [-0.2, 0) is 4.74 Å². The first-order valence-corrected chi connectivity index (χ1v) is 13.7. The molecule has 0 radical (unpaired) electrons. The molecule has 0 saturated carbocycles. The Hall–Kier alpha value is 0.210. The van der Waals surface area contributed by atoms with Gasteiger partial charge in [0, 0.05) is 13.0 Å².